The predicted octanol–water partition coefficient (Wildman–Crippen LogP) is 0.442. The molecule has 0 bridgehead atoms. The van der Waals surface area contributed by atoms with Crippen LogP contribution in [0.5, 0.6) is 0 Å². The molecule has 0 aromatic rings. The van der Waals surface area contributed by atoms with Crippen LogP contribution in [-0.4, -0.2) is 26.3 Å². The molecule has 0 spiro atoms. The molecule has 14 heavy (non-hydrogen) atoms. The number of sulfonamides is 1. The maximum atomic E-state index is 11.5. The first kappa shape index (κ1) is 11.9. The molecule has 1 fully saturated rings. The summed E-state index contributed by atoms with van der Waals surface area (Å²) in [6.07, 6.45) is 2.27. The molecule has 3 N–H and O–H groups in total. The van der Waals surface area contributed by atoms with Crippen LogP contribution in [0.25, 0.3) is 0 Å². The summed E-state index contributed by atoms with van der Waals surface area (Å²) in [5.41, 5.74) is 5.58. The van der Waals surface area contributed by atoms with Gasteiger partial charge in [0.1, 0.15) is 0 Å². The van der Waals surface area contributed by atoms with E-state index in [1.807, 2.05) is 13.8 Å². The maximum absolute atomic E-state index is 11.5. The maximum Gasteiger partial charge on any atom is 0.211 e. The molecule has 1 saturated carbocycles. The molecule has 0 aliphatic heterocycles. The van der Waals surface area contributed by atoms with Crippen LogP contribution in [0.15, 0.2) is 0 Å². The minimum absolute atomic E-state index is 0.0853. The number of hydrogen-bond acceptors (Lipinski definition) is 3. The van der Waals surface area contributed by atoms with Gasteiger partial charge >= 0.3 is 0 Å². The summed E-state index contributed by atoms with van der Waals surface area (Å²) in [6, 6.07) is 0.273. The molecule has 0 saturated heterocycles. The van der Waals surface area contributed by atoms with Crippen molar-refractivity contribution in [1.82, 2.24) is 4.72 Å². The van der Waals surface area contributed by atoms with Gasteiger partial charge in [0.25, 0.3) is 0 Å². The van der Waals surface area contributed by atoms with Crippen LogP contribution in [0, 0.1) is 5.92 Å². The minimum atomic E-state index is -3.07. The molecule has 0 heterocycles. The summed E-state index contributed by atoms with van der Waals surface area (Å²) in [5.74, 6) is 0.659. The Balaban J connectivity index is 2.28. The molecular weight excluding hydrogens is 200 g/mol. The van der Waals surface area contributed by atoms with Crippen LogP contribution in [0.2, 0.25) is 0 Å². The lowest BCUT2D eigenvalue weighted by molar-refractivity contribution is 0.326. The molecule has 0 aromatic heterocycles. The van der Waals surface area contributed by atoms with Crippen LogP contribution in [0.4, 0.5) is 0 Å². The van der Waals surface area contributed by atoms with E-state index in [0.29, 0.717) is 12.3 Å². The molecule has 84 valence electrons. The number of rotatable bonds is 5. The highest BCUT2D eigenvalue weighted by atomic mass is 32.2. The van der Waals surface area contributed by atoms with Gasteiger partial charge in [-0.15, -0.1) is 0 Å². The topological polar surface area (TPSA) is 72.2 Å². The smallest absolute Gasteiger partial charge is 0.211 e. The van der Waals surface area contributed by atoms with Crippen molar-refractivity contribution >= 4 is 10.0 Å². The van der Waals surface area contributed by atoms with Crippen LogP contribution in [0.3, 0.4) is 0 Å². The lowest BCUT2D eigenvalue weighted by Crippen LogP contribution is -2.50. The van der Waals surface area contributed by atoms with E-state index in [-0.39, 0.29) is 17.8 Å². The summed E-state index contributed by atoms with van der Waals surface area (Å²) >= 11 is 0. The highest BCUT2D eigenvalue weighted by Gasteiger charge is 2.29. The molecule has 1 aliphatic rings. The minimum Gasteiger partial charge on any atom is -0.328 e. The average Bonchev–Trinajstić information content (AvgIpc) is 1.98. The first-order chi connectivity index (χ1) is 6.39. The van der Waals surface area contributed by atoms with Gasteiger partial charge in [-0.1, -0.05) is 13.8 Å². The third-order valence-corrected chi connectivity index (χ3v) is 3.95. The second-order valence-corrected chi connectivity index (χ2v) is 6.42. The summed E-state index contributed by atoms with van der Waals surface area (Å²) in [7, 11) is -3.07. The fraction of sp³-hybridized carbons (Fsp3) is 1.00. The molecule has 5 heteroatoms. The van der Waals surface area contributed by atoms with E-state index in [2.05, 4.69) is 4.72 Å². The Kier molecular flexibility index (Phi) is 3.92. The van der Waals surface area contributed by atoms with Crippen LogP contribution >= 0.6 is 0 Å². The van der Waals surface area contributed by atoms with Crippen molar-refractivity contribution in [2.24, 2.45) is 11.7 Å². The van der Waals surface area contributed by atoms with E-state index in [1.54, 1.807) is 0 Å². The van der Waals surface area contributed by atoms with Crippen molar-refractivity contribution < 1.29 is 8.42 Å². The van der Waals surface area contributed by atoms with Gasteiger partial charge in [-0.2, -0.15) is 0 Å². The number of nitrogens with two attached hydrogens (primary N) is 1. The summed E-state index contributed by atoms with van der Waals surface area (Å²) in [6.45, 7) is 4.05. The van der Waals surface area contributed by atoms with Gasteiger partial charge in [0.2, 0.25) is 10.0 Å². The molecule has 0 atom stereocenters. The average molecular weight is 220 g/mol. The first-order valence-electron chi connectivity index (χ1n) is 5.14. The van der Waals surface area contributed by atoms with E-state index in [4.69, 9.17) is 5.73 Å². The number of hydrogen-bond donors (Lipinski definition) is 2. The Hall–Kier alpha value is -0.130. The van der Waals surface area contributed by atoms with Crippen LogP contribution < -0.4 is 10.5 Å². The Morgan fingerprint density at radius 2 is 2.00 bits per heavy atom. The van der Waals surface area contributed by atoms with Gasteiger partial charge in [0.05, 0.1) is 5.75 Å². The highest BCUT2D eigenvalue weighted by Crippen LogP contribution is 2.18. The second kappa shape index (κ2) is 4.59. The summed E-state index contributed by atoms with van der Waals surface area (Å²) in [5, 5.41) is 0. The molecule has 1 rings (SSSR count). The third kappa shape index (κ3) is 3.94. The third-order valence-electron chi connectivity index (χ3n) is 2.48. The molecule has 4 nitrogen and oxygen atoms in total. The summed E-state index contributed by atoms with van der Waals surface area (Å²) < 4.78 is 25.7. The van der Waals surface area contributed by atoms with E-state index >= 15 is 0 Å². The number of nitrogens with one attached hydrogen (secondary N) is 1. The lowest BCUT2D eigenvalue weighted by Gasteiger charge is -2.32. The summed E-state index contributed by atoms with van der Waals surface area (Å²) in [4.78, 5) is 0. The molecule has 0 radical (unpaired) electrons. The van der Waals surface area contributed by atoms with Crippen molar-refractivity contribution in [1.29, 1.82) is 0 Å². The zero-order valence-corrected chi connectivity index (χ0v) is 9.68. The highest BCUT2D eigenvalue weighted by molar-refractivity contribution is 7.89. The molecule has 0 aromatic carbocycles. The van der Waals surface area contributed by atoms with Gasteiger partial charge in [-0.3, -0.25) is 0 Å². The first-order valence-corrected chi connectivity index (χ1v) is 6.80. The Morgan fingerprint density at radius 1 is 1.43 bits per heavy atom. The molecule has 0 unspecified atom stereocenters. The van der Waals surface area contributed by atoms with Gasteiger partial charge in [-0.05, 0) is 25.2 Å². The normalized spacial score (nSPS) is 27.7. The van der Waals surface area contributed by atoms with Gasteiger partial charge < -0.3 is 5.73 Å². The SMILES string of the molecule is CC(C)CCS(=O)(=O)NC1CC(N)C1. The standard InChI is InChI=1S/C9H20N2O2S/c1-7(2)3-4-14(12,13)11-9-5-8(10)6-9/h7-9,11H,3-6,10H2,1-2H3. The fourth-order valence-corrected chi connectivity index (χ4v) is 3.06. The molecule has 0 amide bonds. The van der Waals surface area contributed by atoms with Crippen molar-refractivity contribution in [3.05, 3.63) is 0 Å². The van der Waals surface area contributed by atoms with E-state index in [1.165, 1.54) is 0 Å². The molecular formula is C9H20N2O2S. The van der Waals surface area contributed by atoms with E-state index in [0.717, 1.165) is 12.8 Å². The van der Waals surface area contributed by atoms with Gasteiger partial charge in [-0.25, -0.2) is 13.1 Å². The van der Waals surface area contributed by atoms with E-state index < -0.39 is 10.0 Å². The zero-order valence-electron chi connectivity index (χ0n) is 8.86. The lowest BCUT2D eigenvalue weighted by atomic mass is 9.89. The van der Waals surface area contributed by atoms with Gasteiger partial charge in [0, 0.05) is 12.1 Å². The van der Waals surface area contributed by atoms with Crippen molar-refractivity contribution in [2.45, 2.75) is 45.2 Å². The van der Waals surface area contributed by atoms with Crippen molar-refractivity contribution in [3.63, 3.8) is 0 Å². The molecule has 1 aliphatic carbocycles. The quantitative estimate of drug-likeness (QED) is 0.706. The Labute approximate surface area is 86.3 Å². The predicted molar refractivity (Wildman–Crippen MR) is 57.4 cm³/mol. The largest absolute Gasteiger partial charge is 0.328 e. The Bertz CT molecular complexity index is 269. The van der Waals surface area contributed by atoms with E-state index in [9.17, 15) is 8.42 Å². The zero-order chi connectivity index (χ0) is 10.8. The van der Waals surface area contributed by atoms with Gasteiger partial charge in [0.15, 0.2) is 0 Å². The fourth-order valence-electron chi connectivity index (χ4n) is 1.46. The van der Waals surface area contributed by atoms with Crippen LogP contribution in [0.1, 0.15) is 33.1 Å². The van der Waals surface area contributed by atoms with Crippen molar-refractivity contribution in [3.8, 4) is 0 Å². The van der Waals surface area contributed by atoms with Crippen molar-refractivity contribution in [2.75, 3.05) is 5.75 Å². The Morgan fingerprint density at radius 3 is 2.43 bits per heavy atom. The van der Waals surface area contributed by atoms with Crippen LogP contribution in [-0.2, 0) is 10.0 Å². The second-order valence-electron chi connectivity index (χ2n) is 4.55. The monoisotopic (exact) mass is 220 g/mol.